The highest BCUT2D eigenvalue weighted by atomic mass is 15.2. The molecule has 0 aromatic heterocycles. The molecule has 70 valence electrons. The molecule has 0 aliphatic heterocycles. The molecule has 2 heteroatoms. The number of hydrogen-bond acceptors (Lipinski definition) is 2. The van der Waals surface area contributed by atoms with Gasteiger partial charge in [0.25, 0.3) is 0 Å². The second kappa shape index (κ2) is 3.75. The normalized spacial score (nSPS) is 24.5. The van der Waals surface area contributed by atoms with Crippen LogP contribution in [0.3, 0.4) is 0 Å². The first kappa shape index (κ1) is 8.52. The zero-order chi connectivity index (χ0) is 8.39. The third kappa shape index (κ3) is 1.99. The van der Waals surface area contributed by atoms with Crippen LogP contribution in [0.5, 0.6) is 0 Å². The minimum absolute atomic E-state index is 0.837. The Bertz CT molecular complexity index is 139. The molecule has 2 fully saturated rings. The summed E-state index contributed by atoms with van der Waals surface area (Å²) in [6, 6.07) is 0.911. The Morgan fingerprint density at radius 1 is 1.17 bits per heavy atom. The van der Waals surface area contributed by atoms with Gasteiger partial charge in [-0.25, -0.2) is 0 Å². The van der Waals surface area contributed by atoms with E-state index in [1.54, 1.807) is 0 Å². The van der Waals surface area contributed by atoms with Crippen LogP contribution in [0, 0.1) is 5.92 Å². The smallest absolute Gasteiger partial charge is 0.0108 e. The Morgan fingerprint density at radius 2 is 1.92 bits per heavy atom. The van der Waals surface area contributed by atoms with E-state index in [0.29, 0.717) is 0 Å². The van der Waals surface area contributed by atoms with E-state index >= 15 is 0 Å². The number of hydrogen-bond donors (Lipinski definition) is 1. The third-order valence-corrected chi connectivity index (χ3v) is 3.20. The van der Waals surface area contributed by atoms with Crippen molar-refractivity contribution in [2.45, 2.75) is 38.1 Å². The van der Waals surface area contributed by atoms with E-state index in [-0.39, 0.29) is 0 Å². The summed E-state index contributed by atoms with van der Waals surface area (Å²) in [6.07, 6.45) is 7.24. The van der Waals surface area contributed by atoms with Crippen molar-refractivity contribution in [2.75, 3.05) is 19.6 Å². The molecule has 0 spiro atoms. The summed E-state index contributed by atoms with van der Waals surface area (Å²) in [5.74, 6) is 1.01. The van der Waals surface area contributed by atoms with Gasteiger partial charge in [0.1, 0.15) is 0 Å². The van der Waals surface area contributed by atoms with E-state index in [0.717, 1.165) is 25.0 Å². The monoisotopic (exact) mass is 168 g/mol. The molecule has 2 rings (SSSR count). The molecular weight excluding hydrogens is 148 g/mol. The molecule has 0 atom stereocenters. The molecule has 0 saturated heterocycles. The lowest BCUT2D eigenvalue weighted by atomic mass is 9.85. The van der Waals surface area contributed by atoms with Gasteiger partial charge in [-0.2, -0.15) is 0 Å². The van der Waals surface area contributed by atoms with Crippen molar-refractivity contribution in [3.05, 3.63) is 0 Å². The van der Waals surface area contributed by atoms with Crippen molar-refractivity contribution in [3.8, 4) is 0 Å². The molecule has 12 heavy (non-hydrogen) atoms. The Kier molecular flexibility index (Phi) is 2.66. The van der Waals surface area contributed by atoms with Gasteiger partial charge in [-0.1, -0.05) is 6.42 Å². The average Bonchev–Trinajstić information content (AvgIpc) is 2.76. The maximum Gasteiger partial charge on any atom is 0.0108 e. The zero-order valence-electron chi connectivity index (χ0n) is 7.84. The summed E-state index contributed by atoms with van der Waals surface area (Å²) in [4.78, 5) is 2.61. The largest absolute Gasteiger partial charge is 0.329 e. The number of nitrogens with two attached hydrogens (primary N) is 1. The van der Waals surface area contributed by atoms with Crippen molar-refractivity contribution in [1.29, 1.82) is 0 Å². The summed E-state index contributed by atoms with van der Waals surface area (Å²) in [5, 5.41) is 0. The standard InChI is InChI=1S/C10H20N2/c11-6-7-12(10-4-5-10)8-9-2-1-3-9/h9-10H,1-8,11H2. The van der Waals surface area contributed by atoms with Crippen molar-refractivity contribution in [1.82, 2.24) is 4.90 Å². The zero-order valence-corrected chi connectivity index (χ0v) is 7.84. The van der Waals surface area contributed by atoms with Crippen LogP contribution < -0.4 is 5.73 Å². The fraction of sp³-hybridized carbons (Fsp3) is 1.00. The molecule has 0 bridgehead atoms. The van der Waals surface area contributed by atoms with Crippen LogP contribution in [-0.2, 0) is 0 Å². The van der Waals surface area contributed by atoms with E-state index in [1.165, 1.54) is 38.6 Å². The highest BCUT2D eigenvalue weighted by molar-refractivity contribution is 4.87. The lowest BCUT2D eigenvalue weighted by Gasteiger charge is -2.32. The van der Waals surface area contributed by atoms with Crippen LogP contribution >= 0.6 is 0 Å². The van der Waals surface area contributed by atoms with E-state index < -0.39 is 0 Å². The van der Waals surface area contributed by atoms with Crippen molar-refractivity contribution in [2.24, 2.45) is 11.7 Å². The van der Waals surface area contributed by atoms with Gasteiger partial charge < -0.3 is 5.73 Å². The molecule has 2 aliphatic carbocycles. The van der Waals surface area contributed by atoms with Crippen LogP contribution in [0.15, 0.2) is 0 Å². The molecule has 0 aromatic rings. The Labute approximate surface area is 75.1 Å². The van der Waals surface area contributed by atoms with Crippen LogP contribution in [0.25, 0.3) is 0 Å². The predicted molar refractivity (Wildman–Crippen MR) is 51.0 cm³/mol. The first-order valence-corrected chi connectivity index (χ1v) is 5.34. The van der Waals surface area contributed by atoms with Crippen molar-refractivity contribution in [3.63, 3.8) is 0 Å². The summed E-state index contributed by atoms with van der Waals surface area (Å²) >= 11 is 0. The SMILES string of the molecule is NCCN(CC1CCC1)C1CC1. The van der Waals surface area contributed by atoms with Gasteiger partial charge in [0, 0.05) is 25.7 Å². The Hall–Kier alpha value is -0.0800. The fourth-order valence-corrected chi connectivity index (χ4v) is 2.04. The summed E-state index contributed by atoms with van der Waals surface area (Å²) in [7, 11) is 0. The van der Waals surface area contributed by atoms with Gasteiger partial charge >= 0.3 is 0 Å². The molecule has 0 heterocycles. The van der Waals surface area contributed by atoms with Gasteiger partial charge in [-0.05, 0) is 31.6 Å². The molecule has 2 N–H and O–H groups in total. The molecule has 0 aromatic carbocycles. The molecule has 0 amide bonds. The van der Waals surface area contributed by atoms with Crippen LogP contribution in [0.1, 0.15) is 32.1 Å². The minimum Gasteiger partial charge on any atom is -0.329 e. The van der Waals surface area contributed by atoms with Gasteiger partial charge in [-0.15, -0.1) is 0 Å². The number of rotatable bonds is 5. The highest BCUT2D eigenvalue weighted by Crippen LogP contribution is 2.32. The van der Waals surface area contributed by atoms with Gasteiger partial charge in [-0.3, -0.25) is 4.90 Å². The summed E-state index contributed by atoms with van der Waals surface area (Å²) in [5.41, 5.74) is 5.59. The van der Waals surface area contributed by atoms with Gasteiger partial charge in [0.15, 0.2) is 0 Å². The van der Waals surface area contributed by atoms with Crippen LogP contribution in [0.2, 0.25) is 0 Å². The maximum atomic E-state index is 5.59. The molecular formula is C10H20N2. The highest BCUT2D eigenvalue weighted by Gasteiger charge is 2.31. The first-order valence-electron chi connectivity index (χ1n) is 5.34. The van der Waals surface area contributed by atoms with E-state index in [1.807, 2.05) is 0 Å². The molecule has 2 aliphatic rings. The minimum atomic E-state index is 0.837. The van der Waals surface area contributed by atoms with E-state index in [2.05, 4.69) is 4.90 Å². The van der Waals surface area contributed by atoms with E-state index in [9.17, 15) is 0 Å². The Morgan fingerprint density at radius 3 is 2.33 bits per heavy atom. The Balaban J connectivity index is 1.71. The summed E-state index contributed by atoms with van der Waals surface area (Å²) in [6.45, 7) is 3.30. The summed E-state index contributed by atoms with van der Waals surface area (Å²) < 4.78 is 0. The van der Waals surface area contributed by atoms with Crippen molar-refractivity contribution < 1.29 is 0 Å². The molecule has 2 saturated carbocycles. The lowest BCUT2D eigenvalue weighted by Crippen LogP contribution is -2.37. The molecule has 0 unspecified atom stereocenters. The predicted octanol–water partition coefficient (Wildman–Crippen LogP) is 1.21. The van der Waals surface area contributed by atoms with Crippen LogP contribution in [-0.4, -0.2) is 30.6 Å². The first-order chi connectivity index (χ1) is 5.90. The second-order valence-electron chi connectivity index (χ2n) is 4.31. The quantitative estimate of drug-likeness (QED) is 0.668. The van der Waals surface area contributed by atoms with Crippen LogP contribution in [0.4, 0.5) is 0 Å². The van der Waals surface area contributed by atoms with Crippen molar-refractivity contribution >= 4 is 0 Å². The second-order valence-corrected chi connectivity index (χ2v) is 4.31. The maximum absolute atomic E-state index is 5.59. The topological polar surface area (TPSA) is 29.3 Å². The van der Waals surface area contributed by atoms with E-state index in [4.69, 9.17) is 5.73 Å². The lowest BCUT2D eigenvalue weighted by molar-refractivity contribution is 0.174. The van der Waals surface area contributed by atoms with Gasteiger partial charge in [0.2, 0.25) is 0 Å². The number of nitrogens with zero attached hydrogens (tertiary/aromatic N) is 1. The third-order valence-electron chi connectivity index (χ3n) is 3.20. The molecule has 2 nitrogen and oxygen atoms in total. The fourth-order valence-electron chi connectivity index (χ4n) is 2.04. The average molecular weight is 168 g/mol. The molecule has 0 radical (unpaired) electrons. The van der Waals surface area contributed by atoms with Gasteiger partial charge in [0.05, 0.1) is 0 Å².